The summed E-state index contributed by atoms with van der Waals surface area (Å²) in [5.74, 6) is -0.704. The number of benzene rings is 2. The molecular formula is C20H23ClFN3O. The molecule has 1 N–H and O–H groups in total. The standard InChI is InChI=1S/C20H23ClFN3O/c1-15-3-2-4-17(13-15)25-11-9-24(10-12-25)8-7-20(26)23-19-6-5-16(21)14-18(19)22/h2-6,13-14H,7-12H2,1H3,(H,23,26). The zero-order chi connectivity index (χ0) is 18.5. The van der Waals surface area contributed by atoms with Crippen LogP contribution in [0.5, 0.6) is 0 Å². The fraction of sp³-hybridized carbons (Fsp3) is 0.350. The van der Waals surface area contributed by atoms with Crippen LogP contribution in [-0.2, 0) is 4.79 Å². The maximum Gasteiger partial charge on any atom is 0.225 e. The van der Waals surface area contributed by atoms with Gasteiger partial charge in [-0.2, -0.15) is 0 Å². The van der Waals surface area contributed by atoms with Crippen LogP contribution in [0.15, 0.2) is 42.5 Å². The van der Waals surface area contributed by atoms with Gasteiger partial charge in [-0.3, -0.25) is 9.69 Å². The van der Waals surface area contributed by atoms with Crippen molar-refractivity contribution >= 4 is 28.9 Å². The Bertz CT molecular complexity index is 775. The number of piperazine rings is 1. The molecule has 0 radical (unpaired) electrons. The van der Waals surface area contributed by atoms with Gasteiger partial charge in [0.05, 0.1) is 5.69 Å². The van der Waals surface area contributed by atoms with E-state index in [-0.39, 0.29) is 11.6 Å². The van der Waals surface area contributed by atoms with E-state index in [1.54, 1.807) is 6.07 Å². The minimum Gasteiger partial charge on any atom is -0.369 e. The number of hydrogen-bond acceptors (Lipinski definition) is 3. The maximum absolute atomic E-state index is 13.7. The lowest BCUT2D eigenvalue weighted by atomic mass is 10.2. The largest absolute Gasteiger partial charge is 0.369 e. The van der Waals surface area contributed by atoms with Crippen LogP contribution >= 0.6 is 11.6 Å². The van der Waals surface area contributed by atoms with Crippen molar-refractivity contribution in [3.05, 3.63) is 58.9 Å². The fourth-order valence-corrected chi connectivity index (χ4v) is 3.28. The molecule has 4 nitrogen and oxygen atoms in total. The lowest BCUT2D eigenvalue weighted by Crippen LogP contribution is -2.47. The third-order valence-electron chi connectivity index (χ3n) is 4.60. The van der Waals surface area contributed by atoms with Gasteiger partial charge in [0.2, 0.25) is 5.91 Å². The van der Waals surface area contributed by atoms with E-state index in [0.717, 1.165) is 26.2 Å². The predicted octanol–water partition coefficient (Wildman–Crippen LogP) is 3.94. The number of rotatable bonds is 5. The van der Waals surface area contributed by atoms with Crippen LogP contribution < -0.4 is 10.2 Å². The van der Waals surface area contributed by atoms with E-state index in [1.807, 2.05) is 0 Å². The van der Waals surface area contributed by atoms with E-state index >= 15 is 0 Å². The van der Waals surface area contributed by atoms with Crippen LogP contribution in [0.1, 0.15) is 12.0 Å². The van der Waals surface area contributed by atoms with Crippen molar-refractivity contribution in [1.29, 1.82) is 0 Å². The van der Waals surface area contributed by atoms with Gasteiger partial charge < -0.3 is 10.2 Å². The molecule has 1 heterocycles. The van der Waals surface area contributed by atoms with Gasteiger partial charge in [-0.25, -0.2) is 4.39 Å². The van der Waals surface area contributed by atoms with Crippen LogP contribution in [0.25, 0.3) is 0 Å². The molecular weight excluding hydrogens is 353 g/mol. The summed E-state index contributed by atoms with van der Waals surface area (Å²) in [6.45, 7) is 6.48. The molecule has 1 amide bonds. The van der Waals surface area contributed by atoms with Gasteiger partial charge in [-0.1, -0.05) is 23.7 Å². The van der Waals surface area contributed by atoms with E-state index in [1.165, 1.54) is 23.4 Å². The Labute approximate surface area is 158 Å². The molecule has 6 heteroatoms. The molecule has 0 spiro atoms. The first-order chi connectivity index (χ1) is 12.5. The molecule has 1 saturated heterocycles. The first-order valence-electron chi connectivity index (χ1n) is 8.80. The number of nitrogens with one attached hydrogen (secondary N) is 1. The number of aryl methyl sites for hydroxylation is 1. The Hall–Kier alpha value is -2.11. The molecule has 0 atom stereocenters. The SMILES string of the molecule is Cc1cccc(N2CCN(CCC(=O)Nc3ccc(Cl)cc3F)CC2)c1. The van der Waals surface area contributed by atoms with Crippen molar-refractivity contribution in [2.24, 2.45) is 0 Å². The molecule has 138 valence electrons. The van der Waals surface area contributed by atoms with E-state index in [0.29, 0.717) is 18.0 Å². The normalized spacial score (nSPS) is 15.1. The molecule has 1 aliphatic rings. The summed E-state index contributed by atoms with van der Waals surface area (Å²) >= 11 is 5.72. The molecule has 26 heavy (non-hydrogen) atoms. The molecule has 0 unspecified atom stereocenters. The highest BCUT2D eigenvalue weighted by Crippen LogP contribution is 2.20. The Morgan fingerprint density at radius 2 is 1.92 bits per heavy atom. The van der Waals surface area contributed by atoms with Crippen molar-refractivity contribution in [2.75, 3.05) is 42.9 Å². The lowest BCUT2D eigenvalue weighted by Gasteiger charge is -2.36. The van der Waals surface area contributed by atoms with Gasteiger partial charge in [0.1, 0.15) is 5.82 Å². The third kappa shape index (κ3) is 4.96. The summed E-state index contributed by atoms with van der Waals surface area (Å²) in [7, 11) is 0. The van der Waals surface area contributed by atoms with Crippen LogP contribution in [-0.4, -0.2) is 43.5 Å². The van der Waals surface area contributed by atoms with Crippen molar-refractivity contribution in [1.82, 2.24) is 4.90 Å². The second-order valence-electron chi connectivity index (χ2n) is 6.59. The first kappa shape index (κ1) is 18.7. The summed E-state index contributed by atoms with van der Waals surface area (Å²) in [6, 6.07) is 12.8. The van der Waals surface area contributed by atoms with E-state index < -0.39 is 5.82 Å². The summed E-state index contributed by atoms with van der Waals surface area (Å²) in [6.07, 6.45) is 0.340. The summed E-state index contributed by atoms with van der Waals surface area (Å²) in [5.41, 5.74) is 2.68. The fourth-order valence-electron chi connectivity index (χ4n) is 3.12. The molecule has 0 saturated carbocycles. The van der Waals surface area contributed by atoms with Gasteiger partial charge in [0.25, 0.3) is 0 Å². The first-order valence-corrected chi connectivity index (χ1v) is 9.18. The quantitative estimate of drug-likeness (QED) is 0.859. The second-order valence-corrected chi connectivity index (χ2v) is 7.03. The van der Waals surface area contributed by atoms with Crippen LogP contribution in [0.3, 0.4) is 0 Å². The molecule has 2 aromatic carbocycles. The molecule has 0 aromatic heterocycles. The highest BCUT2D eigenvalue weighted by Gasteiger charge is 2.18. The highest BCUT2D eigenvalue weighted by atomic mass is 35.5. The van der Waals surface area contributed by atoms with Crippen molar-refractivity contribution in [3.63, 3.8) is 0 Å². The molecule has 0 bridgehead atoms. The molecule has 1 aliphatic heterocycles. The number of amides is 1. The third-order valence-corrected chi connectivity index (χ3v) is 4.83. The Balaban J connectivity index is 1.44. The topological polar surface area (TPSA) is 35.6 Å². The zero-order valence-electron chi connectivity index (χ0n) is 14.8. The van der Waals surface area contributed by atoms with Crippen molar-refractivity contribution in [2.45, 2.75) is 13.3 Å². The second kappa shape index (κ2) is 8.52. The van der Waals surface area contributed by atoms with Gasteiger partial charge in [-0.05, 0) is 42.8 Å². The highest BCUT2D eigenvalue weighted by molar-refractivity contribution is 6.30. The number of nitrogens with zero attached hydrogens (tertiary/aromatic N) is 2. The zero-order valence-corrected chi connectivity index (χ0v) is 15.6. The average molecular weight is 376 g/mol. The molecule has 2 aromatic rings. The molecule has 3 rings (SSSR count). The van der Waals surface area contributed by atoms with Crippen LogP contribution in [0.2, 0.25) is 5.02 Å². The van der Waals surface area contributed by atoms with Gasteiger partial charge in [0, 0.05) is 49.9 Å². The molecule has 1 fully saturated rings. The lowest BCUT2D eigenvalue weighted by molar-refractivity contribution is -0.116. The summed E-state index contributed by atoms with van der Waals surface area (Å²) in [4.78, 5) is 16.7. The number of hydrogen-bond donors (Lipinski definition) is 1. The Morgan fingerprint density at radius 3 is 2.62 bits per heavy atom. The van der Waals surface area contributed by atoms with Gasteiger partial charge >= 0.3 is 0 Å². The predicted molar refractivity (Wildman–Crippen MR) is 104 cm³/mol. The van der Waals surface area contributed by atoms with Crippen molar-refractivity contribution in [3.8, 4) is 0 Å². The maximum atomic E-state index is 13.7. The van der Waals surface area contributed by atoms with Gasteiger partial charge in [-0.15, -0.1) is 0 Å². The van der Waals surface area contributed by atoms with E-state index in [4.69, 9.17) is 11.6 Å². The van der Waals surface area contributed by atoms with Crippen molar-refractivity contribution < 1.29 is 9.18 Å². The number of carbonyl (C=O) groups excluding carboxylic acids is 1. The Morgan fingerprint density at radius 1 is 1.15 bits per heavy atom. The van der Waals surface area contributed by atoms with Gasteiger partial charge in [0.15, 0.2) is 0 Å². The average Bonchev–Trinajstić information content (AvgIpc) is 2.63. The van der Waals surface area contributed by atoms with E-state index in [2.05, 4.69) is 46.3 Å². The minimum atomic E-state index is -0.516. The number of carbonyl (C=O) groups is 1. The number of halogens is 2. The van der Waals surface area contributed by atoms with E-state index in [9.17, 15) is 9.18 Å². The van der Waals surface area contributed by atoms with Crippen LogP contribution in [0.4, 0.5) is 15.8 Å². The number of anilines is 2. The monoisotopic (exact) mass is 375 g/mol. The molecule has 0 aliphatic carbocycles. The Kier molecular flexibility index (Phi) is 6.12. The minimum absolute atomic E-state index is 0.170. The summed E-state index contributed by atoms with van der Waals surface area (Å²) in [5, 5.41) is 2.92. The summed E-state index contributed by atoms with van der Waals surface area (Å²) < 4.78 is 13.7. The smallest absolute Gasteiger partial charge is 0.225 e. The van der Waals surface area contributed by atoms with Crippen LogP contribution in [0, 0.1) is 12.7 Å².